The van der Waals surface area contributed by atoms with Crippen LogP contribution in [0.15, 0.2) is 42.5 Å². The lowest BCUT2D eigenvalue weighted by atomic mass is 10.0. The van der Waals surface area contributed by atoms with Gasteiger partial charge >= 0.3 is 0 Å². The molecule has 2 rings (SSSR count). The second kappa shape index (κ2) is 6.58. The summed E-state index contributed by atoms with van der Waals surface area (Å²) in [6.07, 6.45) is 1.04. The monoisotopic (exact) mass is 269 g/mol. The van der Waals surface area contributed by atoms with Crippen LogP contribution < -0.4 is 10.5 Å². The SMILES string of the molecule is CCc1ccc(OCC(N)c2cc(C)cc(C)c2)cc1. The zero-order chi connectivity index (χ0) is 14.5. The lowest BCUT2D eigenvalue weighted by molar-refractivity contribution is 0.290. The molecule has 2 aromatic carbocycles. The number of aryl methyl sites for hydroxylation is 3. The molecular formula is C18H23NO. The zero-order valence-corrected chi connectivity index (χ0v) is 12.5. The Morgan fingerprint density at radius 3 is 2.15 bits per heavy atom. The highest BCUT2D eigenvalue weighted by molar-refractivity contribution is 5.31. The fourth-order valence-corrected chi connectivity index (χ4v) is 2.33. The van der Waals surface area contributed by atoms with E-state index in [1.54, 1.807) is 0 Å². The second-order valence-corrected chi connectivity index (χ2v) is 5.34. The summed E-state index contributed by atoms with van der Waals surface area (Å²) in [4.78, 5) is 0. The molecule has 2 nitrogen and oxygen atoms in total. The van der Waals surface area contributed by atoms with E-state index in [0.29, 0.717) is 6.61 Å². The van der Waals surface area contributed by atoms with Crippen molar-refractivity contribution in [3.8, 4) is 5.75 Å². The van der Waals surface area contributed by atoms with Crippen LogP contribution in [-0.2, 0) is 6.42 Å². The third-order valence-corrected chi connectivity index (χ3v) is 3.43. The summed E-state index contributed by atoms with van der Waals surface area (Å²) >= 11 is 0. The van der Waals surface area contributed by atoms with Crippen molar-refractivity contribution < 1.29 is 4.74 Å². The van der Waals surface area contributed by atoms with Crippen molar-refractivity contribution in [3.63, 3.8) is 0 Å². The smallest absolute Gasteiger partial charge is 0.119 e. The van der Waals surface area contributed by atoms with E-state index in [9.17, 15) is 0 Å². The quantitative estimate of drug-likeness (QED) is 0.892. The zero-order valence-electron chi connectivity index (χ0n) is 12.5. The van der Waals surface area contributed by atoms with Crippen LogP contribution in [0.4, 0.5) is 0 Å². The van der Waals surface area contributed by atoms with Crippen LogP contribution in [0.5, 0.6) is 5.75 Å². The fraction of sp³-hybridized carbons (Fsp3) is 0.333. The third-order valence-electron chi connectivity index (χ3n) is 3.43. The molecule has 0 aliphatic carbocycles. The molecule has 106 valence electrons. The van der Waals surface area contributed by atoms with Crippen molar-refractivity contribution >= 4 is 0 Å². The Labute approximate surface area is 121 Å². The Morgan fingerprint density at radius 2 is 1.60 bits per heavy atom. The number of ether oxygens (including phenoxy) is 1. The first-order chi connectivity index (χ1) is 9.58. The molecule has 1 unspecified atom stereocenters. The number of nitrogens with two attached hydrogens (primary N) is 1. The van der Waals surface area contributed by atoms with Crippen molar-refractivity contribution in [1.29, 1.82) is 0 Å². The molecule has 0 aliphatic heterocycles. The Kier molecular flexibility index (Phi) is 4.80. The van der Waals surface area contributed by atoms with Crippen molar-refractivity contribution in [2.24, 2.45) is 5.73 Å². The molecule has 0 fully saturated rings. The Bertz CT molecular complexity index is 540. The number of rotatable bonds is 5. The van der Waals surface area contributed by atoms with Gasteiger partial charge in [-0.3, -0.25) is 0 Å². The Morgan fingerprint density at radius 1 is 1.00 bits per heavy atom. The normalized spacial score (nSPS) is 12.2. The summed E-state index contributed by atoms with van der Waals surface area (Å²) in [7, 11) is 0. The van der Waals surface area contributed by atoms with E-state index < -0.39 is 0 Å². The van der Waals surface area contributed by atoms with Crippen molar-refractivity contribution in [3.05, 3.63) is 64.7 Å². The van der Waals surface area contributed by atoms with E-state index in [4.69, 9.17) is 10.5 Å². The van der Waals surface area contributed by atoms with Gasteiger partial charge in [0.05, 0.1) is 6.04 Å². The Balaban J connectivity index is 1.98. The van der Waals surface area contributed by atoms with Gasteiger partial charge in [-0.05, 0) is 43.5 Å². The standard InChI is InChI=1S/C18H23NO/c1-4-15-5-7-17(8-6-15)20-12-18(19)16-10-13(2)9-14(3)11-16/h5-11,18H,4,12,19H2,1-3H3. The molecular weight excluding hydrogens is 246 g/mol. The van der Waals surface area contributed by atoms with Crippen LogP contribution in [-0.4, -0.2) is 6.61 Å². The molecule has 0 bridgehead atoms. The molecule has 0 aliphatic rings. The topological polar surface area (TPSA) is 35.2 Å². The fourth-order valence-electron chi connectivity index (χ4n) is 2.33. The van der Waals surface area contributed by atoms with Crippen molar-refractivity contribution in [1.82, 2.24) is 0 Å². The van der Waals surface area contributed by atoms with Gasteiger partial charge < -0.3 is 10.5 Å². The molecule has 0 aromatic heterocycles. The van der Waals surface area contributed by atoms with Crippen LogP contribution >= 0.6 is 0 Å². The molecule has 1 atom stereocenters. The predicted molar refractivity (Wildman–Crippen MR) is 84.2 cm³/mol. The molecule has 20 heavy (non-hydrogen) atoms. The van der Waals surface area contributed by atoms with Crippen LogP contribution in [0.1, 0.15) is 35.2 Å². The summed E-state index contributed by atoms with van der Waals surface area (Å²) in [5.41, 5.74) is 11.1. The molecule has 2 N–H and O–H groups in total. The highest BCUT2D eigenvalue weighted by Crippen LogP contribution is 2.18. The van der Waals surface area contributed by atoms with Crippen LogP contribution in [0.3, 0.4) is 0 Å². The average Bonchev–Trinajstić information content (AvgIpc) is 2.44. The van der Waals surface area contributed by atoms with Gasteiger partial charge in [0.2, 0.25) is 0 Å². The molecule has 0 saturated carbocycles. The van der Waals surface area contributed by atoms with Gasteiger partial charge in [0.15, 0.2) is 0 Å². The van der Waals surface area contributed by atoms with Gasteiger partial charge in [0.25, 0.3) is 0 Å². The molecule has 2 aromatic rings. The first kappa shape index (κ1) is 14.6. The minimum Gasteiger partial charge on any atom is -0.492 e. The first-order valence-corrected chi connectivity index (χ1v) is 7.14. The van der Waals surface area contributed by atoms with Gasteiger partial charge in [-0.2, -0.15) is 0 Å². The summed E-state index contributed by atoms with van der Waals surface area (Å²) in [5.74, 6) is 0.877. The highest BCUT2D eigenvalue weighted by atomic mass is 16.5. The molecule has 0 radical (unpaired) electrons. The summed E-state index contributed by atoms with van der Waals surface area (Å²) in [5, 5.41) is 0. The maximum Gasteiger partial charge on any atom is 0.119 e. The van der Waals surface area contributed by atoms with Crippen molar-refractivity contribution in [2.45, 2.75) is 33.2 Å². The van der Waals surface area contributed by atoms with E-state index >= 15 is 0 Å². The molecule has 0 amide bonds. The number of benzene rings is 2. The molecule has 0 saturated heterocycles. The maximum absolute atomic E-state index is 6.21. The number of hydrogen-bond donors (Lipinski definition) is 1. The van der Waals surface area contributed by atoms with E-state index in [0.717, 1.165) is 17.7 Å². The van der Waals surface area contributed by atoms with Crippen LogP contribution in [0.2, 0.25) is 0 Å². The predicted octanol–water partition coefficient (Wildman–Crippen LogP) is 3.94. The van der Waals surface area contributed by atoms with E-state index in [-0.39, 0.29) is 6.04 Å². The lowest BCUT2D eigenvalue weighted by Gasteiger charge is -2.15. The maximum atomic E-state index is 6.21. The largest absolute Gasteiger partial charge is 0.492 e. The van der Waals surface area contributed by atoms with Gasteiger partial charge in [-0.1, -0.05) is 48.4 Å². The van der Waals surface area contributed by atoms with Gasteiger partial charge in [-0.25, -0.2) is 0 Å². The summed E-state index contributed by atoms with van der Waals surface area (Å²) < 4.78 is 5.78. The van der Waals surface area contributed by atoms with E-state index in [2.05, 4.69) is 51.1 Å². The second-order valence-electron chi connectivity index (χ2n) is 5.34. The van der Waals surface area contributed by atoms with Gasteiger partial charge in [0.1, 0.15) is 12.4 Å². The van der Waals surface area contributed by atoms with Gasteiger partial charge in [-0.15, -0.1) is 0 Å². The van der Waals surface area contributed by atoms with Crippen molar-refractivity contribution in [2.75, 3.05) is 6.61 Å². The summed E-state index contributed by atoms with van der Waals surface area (Å²) in [6.45, 7) is 6.82. The van der Waals surface area contributed by atoms with Gasteiger partial charge in [0, 0.05) is 0 Å². The van der Waals surface area contributed by atoms with Crippen LogP contribution in [0, 0.1) is 13.8 Å². The minimum atomic E-state index is -0.0977. The first-order valence-electron chi connectivity index (χ1n) is 7.14. The summed E-state index contributed by atoms with van der Waals surface area (Å²) in [6, 6.07) is 14.5. The van der Waals surface area contributed by atoms with E-state index in [1.165, 1.54) is 16.7 Å². The molecule has 0 spiro atoms. The average molecular weight is 269 g/mol. The lowest BCUT2D eigenvalue weighted by Crippen LogP contribution is -2.19. The highest BCUT2D eigenvalue weighted by Gasteiger charge is 2.08. The van der Waals surface area contributed by atoms with Crippen LogP contribution in [0.25, 0.3) is 0 Å². The molecule has 2 heteroatoms. The number of hydrogen-bond acceptors (Lipinski definition) is 2. The van der Waals surface area contributed by atoms with E-state index in [1.807, 2.05) is 12.1 Å². The Hall–Kier alpha value is -1.80. The third kappa shape index (κ3) is 3.84. The molecule has 0 heterocycles. The minimum absolute atomic E-state index is 0.0977.